The fourth-order valence-electron chi connectivity index (χ4n) is 7.43. The van der Waals surface area contributed by atoms with E-state index in [1.54, 1.807) is 19.0 Å². The van der Waals surface area contributed by atoms with Gasteiger partial charge in [-0.25, -0.2) is 8.78 Å². The average molecular weight is 649 g/mol. The number of halogens is 2. The summed E-state index contributed by atoms with van der Waals surface area (Å²) in [5.41, 5.74) is -0.479. The summed E-state index contributed by atoms with van der Waals surface area (Å²) in [5, 5.41) is 0. The first-order valence-electron chi connectivity index (χ1n) is 16.4. The average Bonchev–Trinajstić information content (AvgIpc) is 3.59. The highest BCUT2D eigenvalue weighted by Crippen LogP contribution is 2.43. The Morgan fingerprint density at radius 3 is 2.13 bits per heavy atom. The largest absolute Gasteiger partial charge is 0.347 e. The lowest BCUT2D eigenvalue weighted by atomic mass is 9.74. The number of benzene rings is 1. The molecule has 1 unspecified atom stereocenters. The van der Waals surface area contributed by atoms with E-state index in [0.29, 0.717) is 30.8 Å². The van der Waals surface area contributed by atoms with Gasteiger partial charge >= 0.3 is 0 Å². The number of thiol groups is 1. The van der Waals surface area contributed by atoms with E-state index in [9.17, 15) is 18.8 Å². The van der Waals surface area contributed by atoms with E-state index >= 15 is 4.39 Å². The zero-order valence-electron chi connectivity index (χ0n) is 28.7. The molecule has 0 aromatic heterocycles. The molecule has 4 atom stereocenters. The standard InChI is InChI=1S/C35H54F2N4O3S/c1-33(2,3)39-19-26(25-11-10-22(36)16-28(25)37)27(20-39)30(42)40-18-24(17-29(40)31(43)38(8)9)41(32(44)35(6,7)21-45)23-12-14-34(4,5)15-13-23/h10-11,16,23-24,26-27,29,45H,12-15,17-21H2,1-9H3/t24-,26-,27?,29-/m0/s1. The number of hydrogen-bond donors (Lipinski definition) is 1. The predicted molar refractivity (Wildman–Crippen MR) is 177 cm³/mol. The van der Waals surface area contributed by atoms with Crippen LogP contribution in [0.15, 0.2) is 18.2 Å². The predicted octanol–water partition coefficient (Wildman–Crippen LogP) is 5.59. The fourth-order valence-corrected chi connectivity index (χ4v) is 7.57. The van der Waals surface area contributed by atoms with Crippen LogP contribution in [-0.2, 0) is 14.4 Å². The summed E-state index contributed by atoms with van der Waals surface area (Å²) in [6, 6.07) is 2.50. The molecule has 0 radical (unpaired) electrons. The maximum Gasteiger partial charge on any atom is 0.244 e. The van der Waals surface area contributed by atoms with Crippen LogP contribution in [0.25, 0.3) is 0 Å². The molecule has 0 N–H and O–H groups in total. The minimum absolute atomic E-state index is 0.00333. The Kier molecular flexibility index (Phi) is 10.4. The van der Waals surface area contributed by atoms with E-state index in [2.05, 4.69) is 52.1 Å². The molecule has 1 saturated carbocycles. The fraction of sp³-hybridized carbons (Fsp3) is 0.743. The number of carbonyl (C=O) groups is 3. The van der Waals surface area contributed by atoms with E-state index < -0.39 is 34.9 Å². The normalized spacial score (nSPS) is 26.3. The summed E-state index contributed by atoms with van der Waals surface area (Å²) in [4.78, 5) is 50.0. The summed E-state index contributed by atoms with van der Waals surface area (Å²) >= 11 is 4.51. The van der Waals surface area contributed by atoms with Gasteiger partial charge in [-0.15, -0.1) is 0 Å². The van der Waals surface area contributed by atoms with Crippen molar-refractivity contribution in [2.75, 3.05) is 39.5 Å². The number of nitrogens with zero attached hydrogens (tertiary/aromatic N) is 4. The maximum atomic E-state index is 15.2. The number of carbonyl (C=O) groups excluding carboxylic acids is 3. The summed E-state index contributed by atoms with van der Waals surface area (Å²) in [5.74, 6) is -2.49. The molecule has 4 rings (SSSR count). The molecule has 1 aromatic rings. The lowest BCUT2D eigenvalue weighted by Crippen LogP contribution is -2.55. The molecule has 7 nitrogen and oxygen atoms in total. The molecule has 0 bridgehead atoms. The van der Waals surface area contributed by atoms with Crippen LogP contribution >= 0.6 is 12.6 Å². The number of amides is 3. The molecule has 1 aliphatic carbocycles. The molecule has 2 saturated heterocycles. The minimum Gasteiger partial charge on any atom is -0.347 e. The van der Waals surface area contributed by atoms with Crippen molar-refractivity contribution in [3.63, 3.8) is 0 Å². The van der Waals surface area contributed by atoms with Crippen LogP contribution in [0.5, 0.6) is 0 Å². The van der Waals surface area contributed by atoms with Crippen molar-refractivity contribution in [2.45, 2.75) is 110 Å². The Morgan fingerprint density at radius 1 is 0.978 bits per heavy atom. The summed E-state index contributed by atoms with van der Waals surface area (Å²) in [6.07, 6.45) is 4.07. The van der Waals surface area contributed by atoms with Crippen molar-refractivity contribution < 1.29 is 23.2 Å². The number of likely N-dealkylation sites (tertiary alicyclic amines) is 2. The zero-order chi connectivity index (χ0) is 33.6. The molecule has 1 aromatic carbocycles. The second kappa shape index (κ2) is 13.1. The van der Waals surface area contributed by atoms with Gasteiger partial charge in [-0.1, -0.05) is 33.8 Å². The van der Waals surface area contributed by atoms with Crippen molar-refractivity contribution in [2.24, 2.45) is 16.7 Å². The van der Waals surface area contributed by atoms with E-state index in [4.69, 9.17) is 0 Å². The summed E-state index contributed by atoms with van der Waals surface area (Å²) < 4.78 is 29.1. The van der Waals surface area contributed by atoms with Crippen molar-refractivity contribution >= 4 is 30.4 Å². The lowest BCUT2D eigenvalue weighted by molar-refractivity contribution is -0.147. The van der Waals surface area contributed by atoms with Crippen LogP contribution in [0.1, 0.15) is 92.1 Å². The Morgan fingerprint density at radius 2 is 1.60 bits per heavy atom. The Bertz CT molecular complexity index is 1270. The van der Waals surface area contributed by atoms with Gasteiger partial charge in [0.25, 0.3) is 0 Å². The van der Waals surface area contributed by atoms with Crippen LogP contribution in [0, 0.1) is 28.4 Å². The van der Waals surface area contributed by atoms with Gasteiger partial charge in [0.2, 0.25) is 17.7 Å². The Labute approximate surface area is 274 Å². The second-order valence-corrected chi connectivity index (χ2v) is 16.5. The molecule has 3 fully saturated rings. The molecule has 2 aliphatic heterocycles. The number of rotatable bonds is 7. The summed E-state index contributed by atoms with van der Waals surface area (Å²) in [6.45, 7) is 15.6. The quantitative estimate of drug-likeness (QED) is 0.392. The molecule has 252 valence electrons. The first-order valence-corrected chi connectivity index (χ1v) is 17.1. The monoisotopic (exact) mass is 648 g/mol. The molecule has 3 aliphatic rings. The first kappa shape index (κ1) is 35.7. The molecule has 0 spiro atoms. The van der Waals surface area contributed by atoms with Gasteiger partial charge in [0.1, 0.15) is 17.7 Å². The molecule has 10 heteroatoms. The van der Waals surface area contributed by atoms with E-state index in [-0.39, 0.29) is 47.3 Å². The highest BCUT2D eigenvalue weighted by atomic mass is 32.1. The van der Waals surface area contributed by atoms with Gasteiger partial charge in [-0.2, -0.15) is 12.6 Å². The smallest absolute Gasteiger partial charge is 0.244 e. The van der Waals surface area contributed by atoms with Gasteiger partial charge in [-0.3, -0.25) is 19.3 Å². The Hall–Kier alpha value is -2.20. The highest BCUT2D eigenvalue weighted by Gasteiger charge is 2.52. The van der Waals surface area contributed by atoms with Crippen molar-refractivity contribution in [3.05, 3.63) is 35.4 Å². The second-order valence-electron chi connectivity index (χ2n) is 16.2. The van der Waals surface area contributed by atoms with E-state index in [1.807, 2.05) is 18.7 Å². The van der Waals surface area contributed by atoms with Gasteiger partial charge in [0.05, 0.1) is 17.4 Å². The lowest BCUT2D eigenvalue weighted by Gasteiger charge is -2.45. The van der Waals surface area contributed by atoms with Crippen LogP contribution in [-0.4, -0.2) is 100 Å². The summed E-state index contributed by atoms with van der Waals surface area (Å²) in [7, 11) is 3.37. The first-order chi connectivity index (χ1) is 20.8. The maximum absolute atomic E-state index is 15.2. The van der Waals surface area contributed by atoms with Crippen LogP contribution in [0.2, 0.25) is 0 Å². The third kappa shape index (κ3) is 7.53. The zero-order valence-corrected chi connectivity index (χ0v) is 29.6. The van der Waals surface area contributed by atoms with E-state index in [1.165, 1.54) is 17.0 Å². The minimum atomic E-state index is -0.741. The molecule has 2 heterocycles. The SMILES string of the molecule is CN(C)C(=O)[C@@H]1C[C@H](N(C(=O)C(C)(C)CS)C2CCC(C)(C)CC2)CN1C(=O)C1CN(C(C)(C)C)C[C@H]1c1ccc(F)cc1F. The molecule has 3 amide bonds. The molecular weight excluding hydrogens is 594 g/mol. The van der Waals surface area contributed by atoms with Crippen LogP contribution < -0.4 is 0 Å². The Balaban J connectivity index is 1.72. The van der Waals surface area contributed by atoms with Gasteiger partial charge in [0, 0.05) is 63.0 Å². The molecular formula is C35H54F2N4O3S. The van der Waals surface area contributed by atoms with Crippen LogP contribution in [0.4, 0.5) is 8.78 Å². The van der Waals surface area contributed by atoms with Gasteiger partial charge in [0.15, 0.2) is 0 Å². The number of likely N-dealkylation sites (N-methyl/N-ethyl adjacent to an activating group) is 1. The van der Waals surface area contributed by atoms with Crippen molar-refractivity contribution in [1.29, 1.82) is 0 Å². The number of hydrogen-bond acceptors (Lipinski definition) is 5. The van der Waals surface area contributed by atoms with Gasteiger partial charge in [-0.05, 0) is 69.9 Å². The third-order valence-electron chi connectivity index (χ3n) is 10.5. The van der Waals surface area contributed by atoms with Crippen molar-refractivity contribution in [1.82, 2.24) is 19.6 Å². The third-order valence-corrected chi connectivity index (χ3v) is 11.3. The molecule has 45 heavy (non-hydrogen) atoms. The topological polar surface area (TPSA) is 64.2 Å². The van der Waals surface area contributed by atoms with E-state index in [0.717, 1.165) is 31.7 Å². The van der Waals surface area contributed by atoms with Gasteiger partial charge < -0.3 is 14.7 Å². The van der Waals surface area contributed by atoms with Crippen molar-refractivity contribution in [3.8, 4) is 0 Å². The highest BCUT2D eigenvalue weighted by molar-refractivity contribution is 7.80. The van der Waals surface area contributed by atoms with Crippen LogP contribution in [0.3, 0.4) is 0 Å².